The van der Waals surface area contributed by atoms with E-state index in [0.29, 0.717) is 5.56 Å². The molecule has 0 atom stereocenters. The summed E-state index contributed by atoms with van der Waals surface area (Å²) in [4.78, 5) is 33.8. The van der Waals surface area contributed by atoms with Crippen molar-refractivity contribution < 1.29 is 4.79 Å². The van der Waals surface area contributed by atoms with Gasteiger partial charge in [0.2, 0.25) is 6.29 Å². The Morgan fingerprint density at radius 2 is 2.25 bits per heavy atom. The molecule has 0 amide bonds. The predicted molar refractivity (Wildman–Crippen MR) is 41.8 cm³/mol. The lowest BCUT2D eigenvalue weighted by molar-refractivity contribution is 0.541. The molecule has 5 heteroatoms. The van der Waals surface area contributed by atoms with E-state index in [0.717, 1.165) is 4.57 Å². The van der Waals surface area contributed by atoms with E-state index in [1.165, 1.54) is 6.20 Å². The number of nitrogens with zero attached hydrogens (tertiary/aromatic N) is 1. The number of H-pyrrole nitrogens is 1. The molecule has 0 spiro atoms. The standard InChI is InChI=1S/C7H7N2O3/c1-5-4-9(2-3-10)7(12)8-6(5)11/h4H,2H2,1H3,(H,8,11,12). The van der Waals surface area contributed by atoms with E-state index in [1.807, 2.05) is 0 Å². The van der Waals surface area contributed by atoms with Gasteiger partial charge in [0.05, 0.1) is 6.54 Å². The zero-order valence-corrected chi connectivity index (χ0v) is 6.46. The van der Waals surface area contributed by atoms with Gasteiger partial charge in [0, 0.05) is 11.8 Å². The molecule has 12 heavy (non-hydrogen) atoms. The fourth-order valence-corrected chi connectivity index (χ4v) is 0.806. The molecule has 0 aromatic carbocycles. The summed E-state index contributed by atoms with van der Waals surface area (Å²) in [6, 6.07) is 0. The van der Waals surface area contributed by atoms with Gasteiger partial charge in [-0.1, -0.05) is 0 Å². The van der Waals surface area contributed by atoms with E-state index in [2.05, 4.69) is 4.98 Å². The number of aryl methyl sites for hydroxylation is 1. The first kappa shape index (κ1) is 8.45. The van der Waals surface area contributed by atoms with Crippen molar-refractivity contribution in [3.05, 3.63) is 32.6 Å². The molecule has 0 aliphatic heterocycles. The van der Waals surface area contributed by atoms with Crippen LogP contribution in [-0.2, 0) is 11.3 Å². The Hall–Kier alpha value is -1.65. The van der Waals surface area contributed by atoms with E-state index in [-0.39, 0.29) is 6.54 Å². The van der Waals surface area contributed by atoms with Gasteiger partial charge in [-0.3, -0.25) is 19.1 Å². The van der Waals surface area contributed by atoms with Gasteiger partial charge in [0.15, 0.2) is 0 Å². The maximum absolute atomic E-state index is 10.9. The number of aromatic nitrogens is 2. The first-order chi connectivity index (χ1) is 5.65. The molecular weight excluding hydrogens is 160 g/mol. The van der Waals surface area contributed by atoms with Crippen molar-refractivity contribution in [2.75, 3.05) is 0 Å². The molecule has 0 bridgehead atoms. The lowest BCUT2D eigenvalue weighted by Crippen LogP contribution is -2.31. The van der Waals surface area contributed by atoms with Crippen LogP contribution in [0.15, 0.2) is 15.8 Å². The molecule has 0 fully saturated rings. The van der Waals surface area contributed by atoms with Crippen LogP contribution in [0.4, 0.5) is 0 Å². The van der Waals surface area contributed by atoms with Crippen molar-refractivity contribution in [1.29, 1.82) is 0 Å². The molecule has 1 aromatic heterocycles. The van der Waals surface area contributed by atoms with Gasteiger partial charge < -0.3 is 0 Å². The highest BCUT2D eigenvalue weighted by Crippen LogP contribution is 1.81. The molecule has 0 aliphatic rings. The van der Waals surface area contributed by atoms with E-state index in [4.69, 9.17) is 0 Å². The summed E-state index contributed by atoms with van der Waals surface area (Å²) in [5, 5.41) is 0. The summed E-state index contributed by atoms with van der Waals surface area (Å²) in [6.07, 6.45) is 2.89. The second-order valence-corrected chi connectivity index (χ2v) is 2.34. The number of nitrogens with one attached hydrogen (secondary N) is 1. The van der Waals surface area contributed by atoms with Crippen molar-refractivity contribution in [3.63, 3.8) is 0 Å². The lowest BCUT2D eigenvalue weighted by atomic mass is 10.4. The van der Waals surface area contributed by atoms with Crippen LogP contribution in [0.1, 0.15) is 5.56 Å². The van der Waals surface area contributed by atoms with Crippen molar-refractivity contribution in [2.24, 2.45) is 0 Å². The summed E-state index contributed by atoms with van der Waals surface area (Å²) in [5.41, 5.74) is -0.624. The number of aromatic amines is 1. The highest BCUT2D eigenvalue weighted by molar-refractivity contribution is 5.50. The Morgan fingerprint density at radius 1 is 1.58 bits per heavy atom. The van der Waals surface area contributed by atoms with Crippen LogP contribution >= 0.6 is 0 Å². The van der Waals surface area contributed by atoms with Gasteiger partial charge in [-0.25, -0.2) is 4.79 Å². The SMILES string of the molecule is Cc1cn(C[C]=O)c(=O)[nH]c1=O. The Labute approximate surface area is 67.7 Å². The molecule has 0 unspecified atom stereocenters. The second kappa shape index (κ2) is 3.17. The highest BCUT2D eigenvalue weighted by Gasteiger charge is 1.98. The topological polar surface area (TPSA) is 71.9 Å². The van der Waals surface area contributed by atoms with Crippen molar-refractivity contribution >= 4 is 6.29 Å². The zero-order valence-electron chi connectivity index (χ0n) is 6.46. The largest absolute Gasteiger partial charge is 0.328 e. The molecule has 1 rings (SSSR count). The van der Waals surface area contributed by atoms with Crippen LogP contribution in [-0.4, -0.2) is 15.8 Å². The predicted octanol–water partition coefficient (Wildman–Crippen LogP) is -1.05. The quantitative estimate of drug-likeness (QED) is 0.611. The number of rotatable bonds is 2. The van der Waals surface area contributed by atoms with E-state index in [9.17, 15) is 14.4 Å². The second-order valence-electron chi connectivity index (χ2n) is 2.34. The van der Waals surface area contributed by atoms with Crippen LogP contribution < -0.4 is 11.2 Å². The fourth-order valence-electron chi connectivity index (χ4n) is 0.806. The Kier molecular flexibility index (Phi) is 2.23. The molecule has 1 radical (unpaired) electrons. The lowest BCUT2D eigenvalue weighted by Gasteiger charge is -1.98. The van der Waals surface area contributed by atoms with Gasteiger partial charge in [0.25, 0.3) is 5.56 Å². The molecule has 1 aromatic rings. The van der Waals surface area contributed by atoms with Crippen molar-refractivity contribution in [3.8, 4) is 0 Å². The summed E-state index contributed by atoms with van der Waals surface area (Å²) >= 11 is 0. The molecule has 1 heterocycles. The third-order valence-corrected chi connectivity index (χ3v) is 1.42. The number of carbonyl (C=O) groups excluding carboxylic acids is 1. The molecule has 0 saturated heterocycles. The third-order valence-electron chi connectivity index (χ3n) is 1.42. The average molecular weight is 167 g/mol. The first-order valence-electron chi connectivity index (χ1n) is 3.30. The Bertz CT molecular complexity index is 402. The minimum Gasteiger partial charge on any atom is -0.292 e. The maximum atomic E-state index is 10.9. The van der Waals surface area contributed by atoms with Crippen LogP contribution in [0, 0.1) is 6.92 Å². The number of hydrogen-bond donors (Lipinski definition) is 1. The fraction of sp³-hybridized carbons (Fsp3) is 0.286. The Balaban J connectivity index is 3.32. The zero-order chi connectivity index (χ0) is 9.14. The molecular formula is C7H7N2O3. The van der Waals surface area contributed by atoms with Gasteiger partial charge >= 0.3 is 5.69 Å². The van der Waals surface area contributed by atoms with Crippen LogP contribution in [0.25, 0.3) is 0 Å². The molecule has 0 saturated carbocycles. The number of hydrogen-bond acceptors (Lipinski definition) is 3. The summed E-state index contributed by atoms with van der Waals surface area (Å²) in [7, 11) is 0. The van der Waals surface area contributed by atoms with Gasteiger partial charge in [-0.2, -0.15) is 0 Å². The minimum absolute atomic E-state index is 0.156. The third kappa shape index (κ3) is 1.50. The van der Waals surface area contributed by atoms with Crippen molar-refractivity contribution in [1.82, 2.24) is 9.55 Å². The van der Waals surface area contributed by atoms with Gasteiger partial charge in [-0.15, -0.1) is 0 Å². The van der Waals surface area contributed by atoms with Crippen molar-refractivity contribution in [2.45, 2.75) is 13.5 Å². The molecule has 5 nitrogen and oxygen atoms in total. The van der Waals surface area contributed by atoms with Gasteiger partial charge in [-0.05, 0) is 6.92 Å². The van der Waals surface area contributed by atoms with Gasteiger partial charge in [0.1, 0.15) is 0 Å². The van der Waals surface area contributed by atoms with E-state index in [1.54, 1.807) is 13.2 Å². The monoisotopic (exact) mass is 167 g/mol. The first-order valence-corrected chi connectivity index (χ1v) is 3.30. The van der Waals surface area contributed by atoms with E-state index >= 15 is 0 Å². The molecule has 63 valence electrons. The van der Waals surface area contributed by atoms with E-state index < -0.39 is 11.2 Å². The van der Waals surface area contributed by atoms with Crippen LogP contribution in [0.5, 0.6) is 0 Å². The highest BCUT2D eigenvalue weighted by atomic mass is 16.2. The minimum atomic E-state index is -0.589. The summed E-state index contributed by atoms with van der Waals surface area (Å²) in [5.74, 6) is 0. The molecule has 1 N–H and O–H groups in total. The average Bonchev–Trinajstić information content (AvgIpc) is 2.01. The van der Waals surface area contributed by atoms with Crippen LogP contribution in [0.3, 0.4) is 0 Å². The summed E-state index contributed by atoms with van der Waals surface area (Å²) in [6.45, 7) is 1.40. The maximum Gasteiger partial charge on any atom is 0.328 e. The molecule has 0 aliphatic carbocycles. The smallest absolute Gasteiger partial charge is 0.292 e. The summed E-state index contributed by atoms with van der Waals surface area (Å²) < 4.78 is 1.09. The van der Waals surface area contributed by atoms with Crippen LogP contribution in [0.2, 0.25) is 0 Å². The Morgan fingerprint density at radius 3 is 2.83 bits per heavy atom. The normalized spacial score (nSPS) is 9.75.